The van der Waals surface area contributed by atoms with Crippen molar-refractivity contribution in [2.24, 2.45) is 0 Å². The first-order valence-electron chi connectivity index (χ1n) is 6.50. The van der Waals surface area contributed by atoms with E-state index in [0.717, 1.165) is 0 Å². The van der Waals surface area contributed by atoms with Gasteiger partial charge in [-0.3, -0.25) is 14.9 Å². The molecule has 0 spiro atoms. The minimum absolute atomic E-state index is 0.0602. The zero-order valence-electron chi connectivity index (χ0n) is 11.3. The van der Waals surface area contributed by atoms with Crippen LogP contribution in [0.3, 0.4) is 0 Å². The standard InChI is InChI=1S/C16H10ClNO4/c17-14(19)9-10-6-7-13-12(8-10)15(16(22-13)18(20)21)11-4-2-1-3-5-11/h1-8H,9H2. The third-order valence-corrected chi connectivity index (χ3v) is 3.44. The predicted octanol–water partition coefficient (Wildman–Crippen LogP) is 4.32. The monoisotopic (exact) mass is 315 g/mol. The molecule has 6 heteroatoms. The Morgan fingerprint density at radius 2 is 1.91 bits per heavy atom. The van der Waals surface area contributed by atoms with E-state index in [1.165, 1.54) is 0 Å². The van der Waals surface area contributed by atoms with Crippen molar-refractivity contribution in [2.45, 2.75) is 6.42 Å². The quantitative estimate of drug-likeness (QED) is 0.408. The van der Waals surface area contributed by atoms with Crippen molar-refractivity contribution in [2.75, 3.05) is 0 Å². The molecule has 0 atom stereocenters. The van der Waals surface area contributed by atoms with Crippen LogP contribution in [0.25, 0.3) is 22.1 Å². The molecule has 1 aromatic heterocycles. The molecule has 1 heterocycles. The van der Waals surface area contributed by atoms with Gasteiger partial charge in [0.15, 0.2) is 0 Å². The van der Waals surface area contributed by atoms with Gasteiger partial charge < -0.3 is 4.42 Å². The van der Waals surface area contributed by atoms with Crippen LogP contribution < -0.4 is 0 Å². The second kappa shape index (κ2) is 5.61. The molecule has 3 rings (SSSR count). The van der Waals surface area contributed by atoms with Crippen molar-refractivity contribution in [3.8, 4) is 11.1 Å². The van der Waals surface area contributed by atoms with Crippen molar-refractivity contribution in [3.63, 3.8) is 0 Å². The Bertz CT molecular complexity index is 870. The molecule has 0 saturated carbocycles. The number of rotatable bonds is 4. The highest BCUT2D eigenvalue weighted by Crippen LogP contribution is 2.40. The maximum atomic E-state index is 11.3. The Morgan fingerprint density at radius 3 is 2.55 bits per heavy atom. The smallest absolute Gasteiger partial charge is 0.400 e. The first kappa shape index (κ1) is 14.3. The summed E-state index contributed by atoms with van der Waals surface area (Å²) in [5, 5.41) is 11.4. The molecule has 2 aromatic carbocycles. The molecule has 0 fully saturated rings. The number of furan rings is 1. The van der Waals surface area contributed by atoms with E-state index < -0.39 is 10.2 Å². The molecule has 0 N–H and O–H groups in total. The highest BCUT2D eigenvalue weighted by Gasteiger charge is 2.25. The maximum Gasteiger partial charge on any atom is 0.442 e. The number of fused-ring (bicyclic) bond motifs is 1. The van der Waals surface area contributed by atoms with Gasteiger partial charge in [-0.05, 0) is 34.9 Å². The van der Waals surface area contributed by atoms with E-state index in [0.29, 0.717) is 27.7 Å². The van der Waals surface area contributed by atoms with Crippen LogP contribution in [0.2, 0.25) is 0 Å². The van der Waals surface area contributed by atoms with Crippen LogP contribution in [-0.4, -0.2) is 10.2 Å². The average Bonchev–Trinajstić information content (AvgIpc) is 2.86. The van der Waals surface area contributed by atoms with Gasteiger partial charge in [0.1, 0.15) is 16.1 Å². The second-order valence-corrected chi connectivity index (χ2v) is 5.19. The Kier molecular flexibility index (Phi) is 3.65. The van der Waals surface area contributed by atoms with E-state index in [2.05, 4.69) is 0 Å². The lowest BCUT2D eigenvalue weighted by molar-refractivity contribution is -0.400. The molecular formula is C16H10ClNO4. The van der Waals surface area contributed by atoms with Gasteiger partial charge in [-0.2, -0.15) is 0 Å². The van der Waals surface area contributed by atoms with Crippen molar-refractivity contribution in [1.82, 2.24) is 0 Å². The van der Waals surface area contributed by atoms with Gasteiger partial charge in [-0.1, -0.05) is 36.4 Å². The van der Waals surface area contributed by atoms with Gasteiger partial charge in [-0.25, -0.2) is 0 Å². The maximum absolute atomic E-state index is 11.3. The van der Waals surface area contributed by atoms with Crippen LogP contribution in [0.15, 0.2) is 52.9 Å². The fourth-order valence-corrected chi connectivity index (χ4v) is 2.57. The summed E-state index contributed by atoms with van der Waals surface area (Å²) in [5.41, 5.74) is 2.17. The summed E-state index contributed by atoms with van der Waals surface area (Å²) in [4.78, 5) is 21.8. The average molecular weight is 316 g/mol. The number of nitro groups is 1. The first-order valence-corrected chi connectivity index (χ1v) is 6.87. The summed E-state index contributed by atoms with van der Waals surface area (Å²) in [7, 11) is 0. The fourth-order valence-electron chi connectivity index (χ4n) is 2.41. The first-order chi connectivity index (χ1) is 10.6. The lowest BCUT2D eigenvalue weighted by Gasteiger charge is -2.00. The molecular weight excluding hydrogens is 306 g/mol. The van der Waals surface area contributed by atoms with Crippen molar-refractivity contribution in [1.29, 1.82) is 0 Å². The number of halogens is 1. The number of carbonyl (C=O) groups excluding carboxylic acids is 1. The molecule has 5 nitrogen and oxygen atoms in total. The molecule has 0 bridgehead atoms. The van der Waals surface area contributed by atoms with Crippen LogP contribution in [-0.2, 0) is 11.2 Å². The SMILES string of the molecule is O=C(Cl)Cc1ccc2oc([N+](=O)[O-])c(-c3ccccc3)c2c1. The summed E-state index contributed by atoms with van der Waals surface area (Å²) in [6.07, 6.45) is 0.0602. The summed E-state index contributed by atoms with van der Waals surface area (Å²) in [6.45, 7) is 0. The molecule has 22 heavy (non-hydrogen) atoms. The van der Waals surface area contributed by atoms with Gasteiger partial charge in [0.05, 0.1) is 0 Å². The fraction of sp³-hybridized carbons (Fsp3) is 0.0625. The highest BCUT2D eigenvalue weighted by atomic mass is 35.5. The van der Waals surface area contributed by atoms with E-state index >= 15 is 0 Å². The van der Waals surface area contributed by atoms with E-state index in [-0.39, 0.29) is 12.3 Å². The Morgan fingerprint density at radius 1 is 1.18 bits per heavy atom. The lowest BCUT2D eigenvalue weighted by atomic mass is 10.0. The molecule has 3 aromatic rings. The zero-order chi connectivity index (χ0) is 15.7. The topological polar surface area (TPSA) is 73.3 Å². The van der Waals surface area contributed by atoms with Gasteiger partial charge in [0.2, 0.25) is 5.24 Å². The molecule has 0 amide bonds. The number of hydrogen-bond acceptors (Lipinski definition) is 4. The number of carbonyl (C=O) groups is 1. The lowest BCUT2D eigenvalue weighted by Crippen LogP contribution is -1.92. The molecule has 0 radical (unpaired) electrons. The van der Waals surface area contributed by atoms with Crippen LogP contribution in [0, 0.1) is 10.1 Å². The van der Waals surface area contributed by atoms with E-state index in [1.807, 2.05) is 6.07 Å². The molecule has 110 valence electrons. The molecule has 0 unspecified atom stereocenters. The normalized spacial score (nSPS) is 10.8. The Balaban J connectivity index is 2.27. The minimum atomic E-state index is -0.547. The Hall–Kier alpha value is -2.66. The van der Waals surface area contributed by atoms with Crippen LogP contribution in [0.4, 0.5) is 5.88 Å². The summed E-state index contributed by atoms with van der Waals surface area (Å²) >= 11 is 5.41. The van der Waals surface area contributed by atoms with E-state index in [9.17, 15) is 14.9 Å². The number of nitrogens with zero attached hydrogens (tertiary/aromatic N) is 1. The third kappa shape index (κ3) is 2.58. The minimum Gasteiger partial charge on any atom is -0.400 e. The van der Waals surface area contributed by atoms with Crippen LogP contribution >= 0.6 is 11.6 Å². The van der Waals surface area contributed by atoms with Gasteiger partial charge >= 0.3 is 5.88 Å². The van der Waals surface area contributed by atoms with Crippen LogP contribution in [0.5, 0.6) is 0 Å². The van der Waals surface area contributed by atoms with Crippen molar-refractivity contribution < 1.29 is 14.1 Å². The predicted molar refractivity (Wildman–Crippen MR) is 82.9 cm³/mol. The van der Waals surface area contributed by atoms with Gasteiger partial charge in [0, 0.05) is 11.8 Å². The molecule has 0 aliphatic rings. The molecule has 0 aliphatic carbocycles. The molecule has 0 aliphatic heterocycles. The van der Waals surface area contributed by atoms with E-state index in [4.69, 9.17) is 16.0 Å². The molecule has 0 saturated heterocycles. The van der Waals surface area contributed by atoms with Crippen LogP contribution in [0.1, 0.15) is 5.56 Å². The second-order valence-electron chi connectivity index (χ2n) is 4.77. The third-order valence-electron chi connectivity index (χ3n) is 3.31. The largest absolute Gasteiger partial charge is 0.442 e. The zero-order valence-corrected chi connectivity index (χ0v) is 12.0. The summed E-state index contributed by atoms with van der Waals surface area (Å²) in [5.74, 6) is -0.310. The van der Waals surface area contributed by atoms with Gasteiger partial charge in [0.25, 0.3) is 0 Å². The van der Waals surface area contributed by atoms with Crippen molar-refractivity contribution in [3.05, 3.63) is 64.2 Å². The Labute approximate surface area is 130 Å². The highest BCUT2D eigenvalue weighted by molar-refractivity contribution is 6.63. The van der Waals surface area contributed by atoms with Crippen molar-refractivity contribution >= 4 is 33.7 Å². The summed E-state index contributed by atoms with van der Waals surface area (Å²) in [6, 6.07) is 14.0. The van der Waals surface area contributed by atoms with Gasteiger partial charge in [-0.15, -0.1) is 0 Å². The summed E-state index contributed by atoms with van der Waals surface area (Å²) < 4.78 is 5.36. The number of benzene rings is 2. The van der Waals surface area contributed by atoms with E-state index in [1.54, 1.807) is 42.5 Å². The number of hydrogen-bond donors (Lipinski definition) is 0.